The van der Waals surface area contributed by atoms with Crippen molar-refractivity contribution in [2.75, 3.05) is 26.4 Å². The minimum Gasteiger partial charge on any atom is -0.490 e. The largest absolute Gasteiger partial charge is 0.490 e. The van der Waals surface area contributed by atoms with Gasteiger partial charge < -0.3 is 14.2 Å². The molecule has 120 valence electrons. The molecule has 5 heteroatoms. The summed E-state index contributed by atoms with van der Waals surface area (Å²) in [5, 5.41) is 0. The molecule has 1 aromatic carbocycles. The number of ether oxygens (including phenoxy) is 3. The van der Waals surface area contributed by atoms with E-state index in [-0.39, 0.29) is 6.04 Å². The van der Waals surface area contributed by atoms with Crippen LogP contribution in [0.15, 0.2) is 18.2 Å². The van der Waals surface area contributed by atoms with E-state index < -0.39 is 0 Å². The smallest absolute Gasteiger partial charge is 0.161 e. The minimum atomic E-state index is 0.0836. The lowest BCUT2D eigenvalue weighted by Crippen LogP contribution is -2.28. The van der Waals surface area contributed by atoms with E-state index in [0.29, 0.717) is 13.2 Å². The van der Waals surface area contributed by atoms with Crippen molar-refractivity contribution in [1.82, 2.24) is 5.43 Å². The van der Waals surface area contributed by atoms with Crippen LogP contribution in [0.3, 0.4) is 0 Å². The molecule has 0 saturated carbocycles. The number of hydrogen-bond acceptors (Lipinski definition) is 5. The van der Waals surface area contributed by atoms with E-state index >= 15 is 0 Å². The van der Waals surface area contributed by atoms with Crippen molar-refractivity contribution in [3.05, 3.63) is 23.8 Å². The Balaban J connectivity index is 2.76. The number of hydrazine groups is 1. The molecule has 0 saturated heterocycles. The van der Waals surface area contributed by atoms with Gasteiger partial charge in [-0.3, -0.25) is 11.3 Å². The van der Waals surface area contributed by atoms with E-state index in [1.54, 1.807) is 0 Å². The van der Waals surface area contributed by atoms with E-state index in [2.05, 4.69) is 5.43 Å². The van der Waals surface area contributed by atoms with Gasteiger partial charge in [-0.15, -0.1) is 0 Å². The number of rotatable bonds is 11. The topological polar surface area (TPSA) is 65.7 Å². The van der Waals surface area contributed by atoms with Gasteiger partial charge in [0.05, 0.1) is 13.2 Å². The number of benzene rings is 1. The molecular formula is C16H28N2O3. The lowest BCUT2D eigenvalue weighted by molar-refractivity contribution is 0.141. The van der Waals surface area contributed by atoms with Gasteiger partial charge in [0.15, 0.2) is 11.5 Å². The van der Waals surface area contributed by atoms with E-state index in [1.165, 1.54) is 0 Å². The third-order valence-corrected chi connectivity index (χ3v) is 3.16. The van der Waals surface area contributed by atoms with Crippen LogP contribution < -0.4 is 20.7 Å². The predicted molar refractivity (Wildman–Crippen MR) is 84.6 cm³/mol. The first kappa shape index (κ1) is 17.8. The zero-order valence-corrected chi connectivity index (χ0v) is 13.4. The molecular weight excluding hydrogens is 268 g/mol. The third-order valence-electron chi connectivity index (χ3n) is 3.16. The van der Waals surface area contributed by atoms with Crippen LogP contribution in [0.2, 0.25) is 0 Å². The zero-order chi connectivity index (χ0) is 15.5. The lowest BCUT2D eigenvalue weighted by atomic mass is 10.0. The highest BCUT2D eigenvalue weighted by Gasteiger charge is 2.13. The van der Waals surface area contributed by atoms with Crippen molar-refractivity contribution in [2.24, 2.45) is 5.84 Å². The van der Waals surface area contributed by atoms with Gasteiger partial charge in [0, 0.05) is 19.3 Å². The highest BCUT2D eigenvalue weighted by Crippen LogP contribution is 2.31. The first-order valence-electron chi connectivity index (χ1n) is 7.70. The molecule has 5 nitrogen and oxygen atoms in total. The first-order valence-corrected chi connectivity index (χ1v) is 7.70. The first-order chi connectivity index (χ1) is 10.3. The molecule has 0 aliphatic rings. The standard InChI is InChI=1S/C16H28N2O3/c1-4-19-11-7-8-14(18-17)13-9-10-15(20-5-2)16(12-13)21-6-3/h9-10,12,14,18H,4-8,11,17H2,1-3H3. The van der Waals surface area contributed by atoms with Gasteiger partial charge in [0.25, 0.3) is 0 Å². The molecule has 0 bridgehead atoms. The second-order valence-corrected chi connectivity index (χ2v) is 4.63. The Hall–Kier alpha value is -1.30. The summed E-state index contributed by atoms with van der Waals surface area (Å²) >= 11 is 0. The Labute approximate surface area is 127 Å². The Morgan fingerprint density at radius 2 is 1.76 bits per heavy atom. The van der Waals surface area contributed by atoms with E-state index in [9.17, 15) is 0 Å². The summed E-state index contributed by atoms with van der Waals surface area (Å²) in [6.07, 6.45) is 1.87. The third kappa shape index (κ3) is 5.91. The van der Waals surface area contributed by atoms with Gasteiger partial charge in [-0.05, 0) is 51.3 Å². The molecule has 1 unspecified atom stereocenters. The average Bonchev–Trinajstić information content (AvgIpc) is 2.50. The second-order valence-electron chi connectivity index (χ2n) is 4.63. The molecule has 1 rings (SSSR count). The summed E-state index contributed by atoms with van der Waals surface area (Å²) in [4.78, 5) is 0. The fraction of sp³-hybridized carbons (Fsp3) is 0.625. The quantitative estimate of drug-likeness (QED) is 0.373. The highest BCUT2D eigenvalue weighted by molar-refractivity contribution is 5.44. The molecule has 21 heavy (non-hydrogen) atoms. The summed E-state index contributed by atoms with van der Waals surface area (Å²) in [5.41, 5.74) is 3.96. The van der Waals surface area contributed by atoms with E-state index in [1.807, 2.05) is 39.0 Å². The van der Waals surface area contributed by atoms with Crippen molar-refractivity contribution in [1.29, 1.82) is 0 Å². The SMILES string of the molecule is CCOCCCC(NN)c1ccc(OCC)c(OCC)c1. The van der Waals surface area contributed by atoms with Gasteiger partial charge in [-0.1, -0.05) is 6.07 Å². The second kappa shape index (κ2) is 10.4. The summed E-state index contributed by atoms with van der Waals surface area (Å²) in [5.74, 6) is 7.21. The van der Waals surface area contributed by atoms with Gasteiger partial charge in [-0.2, -0.15) is 0 Å². The fourth-order valence-corrected chi connectivity index (χ4v) is 2.16. The van der Waals surface area contributed by atoms with Crippen LogP contribution in [0.4, 0.5) is 0 Å². The van der Waals surface area contributed by atoms with E-state index in [4.69, 9.17) is 20.1 Å². The Morgan fingerprint density at radius 3 is 2.38 bits per heavy atom. The van der Waals surface area contributed by atoms with Crippen LogP contribution in [-0.4, -0.2) is 26.4 Å². The molecule has 0 heterocycles. The molecule has 0 aliphatic carbocycles. The van der Waals surface area contributed by atoms with Gasteiger partial charge in [0.2, 0.25) is 0 Å². The number of nitrogens with one attached hydrogen (secondary N) is 1. The number of hydrogen-bond donors (Lipinski definition) is 2. The summed E-state index contributed by atoms with van der Waals surface area (Å²) < 4.78 is 16.6. The van der Waals surface area contributed by atoms with E-state index in [0.717, 1.165) is 43.1 Å². The molecule has 0 aliphatic heterocycles. The molecule has 0 amide bonds. The average molecular weight is 296 g/mol. The molecule has 0 radical (unpaired) electrons. The maximum atomic E-state index is 5.68. The van der Waals surface area contributed by atoms with Crippen molar-refractivity contribution in [3.63, 3.8) is 0 Å². The van der Waals surface area contributed by atoms with Crippen LogP contribution in [0.25, 0.3) is 0 Å². The summed E-state index contributed by atoms with van der Waals surface area (Å²) in [6.45, 7) is 8.65. The number of nitrogens with two attached hydrogens (primary N) is 1. The normalized spacial score (nSPS) is 12.2. The fourth-order valence-electron chi connectivity index (χ4n) is 2.16. The summed E-state index contributed by atoms with van der Waals surface area (Å²) in [6, 6.07) is 6.05. The Morgan fingerprint density at radius 1 is 1.05 bits per heavy atom. The van der Waals surface area contributed by atoms with Crippen molar-refractivity contribution >= 4 is 0 Å². The molecule has 1 atom stereocenters. The van der Waals surface area contributed by atoms with Crippen molar-refractivity contribution in [2.45, 2.75) is 39.7 Å². The summed E-state index contributed by atoms with van der Waals surface area (Å²) in [7, 11) is 0. The molecule has 0 aromatic heterocycles. The Kier molecular flexibility index (Phi) is 8.82. The zero-order valence-electron chi connectivity index (χ0n) is 13.4. The molecule has 0 spiro atoms. The molecule has 1 aromatic rings. The van der Waals surface area contributed by atoms with Crippen LogP contribution in [0.1, 0.15) is 45.2 Å². The predicted octanol–water partition coefficient (Wildman–Crippen LogP) is 2.81. The maximum Gasteiger partial charge on any atom is 0.161 e. The van der Waals surface area contributed by atoms with Crippen molar-refractivity contribution in [3.8, 4) is 11.5 Å². The van der Waals surface area contributed by atoms with Crippen LogP contribution in [0, 0.1) is 0 Å². The lowest BCUT2D eigenvalue weighted by Gasteiger charge is -2.19. The van der Waals surface area contributed by atoms with Crippen LogP contribution in [0.5, 0.6) is 11.5 Å². The maximum absolute atomic E-state index is 5.68. The van der Waals surface area contributed by atoms with Gasteiger partial charge >= 0.3 is 0 Å². The highest BCUT2D eigenvalue weighted by atomic mass is 16.5. The molecule has 3 N–H and O–H groups in total. The Bertz CT molecular complexity index is 399. The minimum absolute atomic E-state index is 0.0836. The van der Waals surface area contributed by atoms with Crippen LogP contribution in [-0.2, 0) is 4.74 Å². The van der Waals surface area contributed by atoms with Gasteiger partial charge in [-0.25, -0.2) is 0 Å². The van der Waals surface area contributed by atoms with Crippen molar-refractivity contribution < 1.29 is 14.2 Å². The van der Waals surface area contributed by atoms with Crippen LogP contribution >= 0.6 is 0 Å². The monoisotopic (exact) mass is 296 g/mol. The van der Waals surface area contributed by atoms with Gasteiger partial charge in [0.1, 0.15) is 0 Å². The molecule has 0 fully saturated rings.